The van der Waals surface area contributed by atoms with Gasteiger partial charge < -0.3 is 5.32 Å². The molecule has 0 heterocycles. The van der Waals surface area contributed by atoms with Crippen molar-refractivity contribution < 1.29 is 9.59 Å². The number of anilines is 1. The van der Waals surface area contributed by atoms with Crippen LogP contribution in [0, 0.1) is 6.92 Å². The van der Waals surface area contributed by atoms with Crippen LogP contribution in [0.15, 0.2) is 102 Å². The quantitative estimate of drug-likeness (QED) is 0.209. The summed E-state index contributed by atoms with van der Waals surface area (Å²) >= 11 is 1.77. The first-order valence-electron chi connectivity index (χ1n) is 12.0. The van der Waals surface area contributed by atoms with Gasteiger partial charge in [0.05, 0.1) is 0 Å². The minimum atomic E-state index is -0.202. The number of amides is 1. The second kappa shape index (κ2) is 11.0. The maximum Gasteiger partial charge on any atom is 0.255 e. The van der Waals surface area contributed by atoms with E-state index in [0.717, 1.165) is 11.3 Å². The summed E-state index contributed by atoms with van der Waals surface area (Å²) in [6, 6.07) is 30.9. The van der Waals surface area contributed by atoms with E-state index in [2.05, 4.69) is 57.3 Å². The maximum atomic E-state index is 13.0. The first-order chi connectivity index (χ1) is 17.2. The van der Waals surface area contributed by atoms with Gasteiger partial charge in [0.15, 0.2) is 5.78 Å². The number of benzene rings is 4. The molecule has 3 nitrogen and oxygen atoms in total. The summed E-state index contributed by atoms with van der Waals surface area (Å²) in [6.45, 7) is 8.52. The van der Waals surface area contributed by atoms with Crippen molar-refractivity contribution in [2.75, 3.05) is 5.32 Å². The van der Waals surface area contributed by atoms with Crippen LogP contribution >= 0.6 is 11.8 Å². The first-order valence-corrected chi connectivity index (χ1v) is 13.0. The number of carbonyl (C=O) groups excluding carboxylic acids is 2. The molecular weight excluding hydrogens is 462 g/mol. The number of ketones is 1. The Bertz CT molecular complexity index is 1350. The topological polar surface area (TPSA) is 46.2 Å². The van der Waals surface area contributed by atoms with E-state index < -0.39 is 0 Å². The lowest BCUT2D eigenvalue weighted by molar-refractivity contribution is 0.102. The largest absolute Gasteiger partial charge is 0.322 e. The van der Waals surface area contributed by atoms with Gasteiger partial charge in [-0.2, -0.15) is 0 Å². The normalized spacial score (nSPS) is 11.2. The zero-order valence-electron chi connectivity index (χ0n) is 21.2. The lowest BCUT2D eigenvalue weighted by atomic mass is 9.86. The van der Waals surface area contributed by atoms with Gasteiger partial charge in [-0.1, -0.05) is 87.0 Å². The second-order valence-electron chi connectivity index (χ2n) is 9.99. The lowest BCUT2D eigenvalue weighted by Crippen LogP contribution is -2.13. The molecule has 0 aromatic heterocycles. The average Bonchev–Trinajstić information content (AvgIpc) is 2.88. The molecule has 36 heavy (non-hydrogen) atoms. The summed E-state index contributed by atoms with van der Waals surface area (Å²) in [5.41, 5.74) is 5.96. The molecule has 0 saturated carbocycles. The van der Waals surface area contributed by atoms with Crippen LogP contribution in [0.3, 0.4) is 0 Å². The highest BCUT2D eigenvalue weighted by Gasteiger charge is 2.16. The van der Waals surface area contributed by atoms with Crippen LogP contribution in [0.4, 0.5) is 5.69 Å². The number of thioether (sulfide) groups is 1. The van der Waals surface area contributed by atoms with Gasteiger partial charge in [0.1, 0.15) is 0 Å². The highest BCUT2D eigenvalue weighted by molar-refractivity contribution is 7.98. The second-order valence-corrected chi connectivity index (χ2v) is 11.0. The van der Waals surface area contributed by atoms with E-state index in [0.29, 0.717) is 22.4 Å². The Balaban J connectivity index is 1.38. The highest BCUT2D eigenvalue weighted by Crippen LogP contribution is 2.25. The number of rotatable bonds is 7. The minimum absolute atomic E-state index is 0.0317. The number of nitrogens with one attached hydrogen (secondary N) is 1. The number of hydrogen-bond acceptors (Lipinski definition) is 3. The molecule has 0 spiro atoms. The van der Waals surface area contributed by atoms with Crippen LogP contribution in [-0.2, 0) is 11.2 Å². The van der Waals surface area contributed by atoms with E-state index in [-0.39, 0.29) is 17.1 Å². The van der Waals surface area contributed by atoms with Crippen molar-refractivity contribution in [3.8, 4) is 0 Å². The Morgan fingerprint density at radius 1 is 0.750 bits per heavy atom. The van der Waals surface area contributed by atoms with Gasteiger partial charge in [-0.15, -0.1) is 11.8 Å². The zero-order chi connectivity index (χ0) is 25.7. The van der Waals surface area contributed by atoms with Crippen molar-refractivity contribution in [3.63, 3.8) is 0 Å². The van der Waals surface area contributed by atoms with Crippen molar-refractivity contribution in [2.45, 2.75) is 43.8 Å². The number of aryl methyl sites for hydroxylation is 1. The van der Waals surface area contributed by atoms with Crippen LogP contribution in [0.1, 0.15) is 63.7 Å². The predicted molar refractivity (Wildman–Crippen MR) is 150 cm³/mol. The van der Waals surface area contributed by atoms with Crippen molar-refractivity contribution in [1.29, 1.82) is 0 Å². The van der Waals surface area contributed by atoms with Gasteiger partial charge >= 0.3 is 0 Å². The molecular formula is C32H31NO2S. The molecule has 0 aliphatic rings. The smallest absolute Gasteiger partial charge is 0.255 e. The molecule has 1 amide bonds. The Kier molecular flexibility index (Phi) is 7.76. The molecule has 0 aliphatic heterocycles. The molecule has 4 rings (SSSR count). The Hall–Kier alpha value is -3.63. The fourth-order valence-corrected chi connectivity index (χ4v) is 4.64. The van der Waals surface area contributed by atoms with Crippen molar-refractivity contribution in [2.24, 2.45) is 0 Å². The van der Waals surface area contributed by atoms with Gasteiger partial charge in [-0.05, 0) is 59.9 Å². The monoisotopic (exact) mass is 493 g/mol. The highest BCUT2D eigenvalue weighted by atomic mass is 32.2. The SMILES string of the molecule is Cc1ccc(SCc2ccc(C(=O)Nc3cccc(C(=O)c4ccc(C(C)(C)C)cc4)c3)cc2)cc1. The summed E-state index contributed by atoms with van der Waals surface area (Å²) in [7, 11) is 0. The molecule has 0 aliphatic carbocycles. The Morgan fingerprint density at radius 3 is 2.03 bits per heavy atom. The maximum absolute atomic E-state index is 13.0. The summed E-state index contributed by atoms with van der Waals surface area (Å²) in [4.78, 5) is 27.1. The molecule has 0 saturated heterocycles. The molecule has 4 aromatic rings. The van der Waals surface area contributed by atoms with Crippen molar-refractivity contribution in [3.05, 3.63) is 130 Å². The molecule has 0 atom stereocenters. The number of hydrogen-bond donors (Lipinski definition) is 1. The van der Waals surface area contributed by atoms with E-state index in [4.69, 9.17) is 0 Å². The average molecular weight is 494 g/mol. The summed E-state index contributed by atoms with van der Waals surface area (Å²) in [5, 5.41) is 2.92. The summed E-state index contributed by atoms with van der Waals surface area (Å²) in [6.07, 6.45) is 0. The Morgan fingerprint density at radius 2 is 1.39 bits per heavy atom. The molecule has 4 heteroatoms. The fraction of sp³-hybridized carbons (Fsp3) is 0.188. The Labute approximate surface area is 218 Å². The summed E-state index contributed by atoms with van der Waals surface area (Å²) < 4.78 is 0. The van der Waals surface area contributed by atoms with Gasteiger partial charge in [0.25, 0.3) is 5.91 Å². The number of carbonyl (C=O) groups is 2. The van der Waals surface area contributed by atoms with Crippen molar-refractivity contribution in [1.82, 2.24) is 0 Å². The molecule has 4 aromatic carbocycles. The van der Waals surface area contributed by atoms with E-state index in [1.54, 1.807) is 36.0 Å². The van der Waals surface area contributed by atoms with E-state index in [9.17, 15) is 9.59 Å². The molecule has 1 N–H and O–H groups in total. The van der Waals surface area contributed by atoms with E-state index >= 15 is 0 Å². The molecule has 0 unspecified atom stereocenters. The minimum Gasteiger partial charge on any atom is -0.322 e. The van der Waals surface area contributed by atoms with Crippen molar-refractivity contribution >= 4 is 29.1 Å². The molecule has 0 bridgehead atoms. The fourth-order valence-electron chi connectivity index (χ4n) is 3.78. The van der Waals surface area contributed by atoms with Gasteiger partial charge in [-0.25, -0.2) is 0 Å². The molecule has 0 radical (unpaired) electrons. The third-order valence-corrected chi connectivity index (χ3v) is 7.12. The zero-order valence-corrected chi connectivity index (χ0v) is 22.0. The van der Waals surface area contributed by atoms with E-state index in [1.165, 1.54) is 16.0 Å². The first kappa shape index (κ1) is 25.5. The molecule has 182 valence electrons. The predicted octanol–water partition coefficient (Wildman–Crippen LogP) is 8.07. The van der Waals surface area contributed by atoms with E-state index in [1.807, 2.05) is 48.5 Å². The van der Waals surface area contributed by atoms with Gasteiger partial charge in [0.2, 0.25) is 0 Å². The van der Waals surface area contributed by atoms with Crippen LogP contribution < -0.4 is 5.32 Å². The third kappa shape index (κ3) is 6.52. The van der Waals surface area contributed by atoms with Crippen LogP contribution in [0.5, 0.6) is 0 Å². The lowest BCUT2D eigenvalue weighted by Gasteiger charge is -2.19. The third-order valence-electron chi connectivity index (χ3n) is 6.04. The van der Waals surface area contributed by atoms with Gasteiger partial charge in [0, 0.05) is 33.0 Å². The summed E-state index contributed by atoms with van der Waals surface area (Å²) in [5.74, 6) is 0.570. The van der Waals surface area contributed by atoms with Crippen LogP contribution in [-0.4, -0.2) is 11.7 Å². The molecule has 0 fully saturated rings. The van der Waals surface area contributed by atoms with Crippen LogP contribution in [0.2, 0.25) is 0 Å². The standard InChI is InChI=1S/C32H31NO2S/c1-22-8-18-29(19-9-22)36-21-23-10-12-25(13-11-23)31(35)33-28-7-5-6-26(20-28)30(34)24-14-16-27(17-15-24)32(2,3)4/h5-20H,21H2,1-4H3,(H,33,35). The van der Waals surface area contributed by atoms with Gasteiger partial charge in [-0.3, -0.25) is 9.59 Å². The van der Waals surface area contributed by atoms with Crippen LogP contribution in [0.25, 0.3) is 0 Å².